The van der Waals surface area contributed by atoms with E-state index in [4.69, 9.17) is 0 Å². The predicted molar refractivity (Wildman–Crippen MR) is 94.7 cm³/mol. The Morgan fingerprint density at radius 1 is 1.04 bits per heavy atom. The second-order valence-electron chi connectivity index (χ2n) is 5.14. The van der Waals surface area contributed by atoms with Gasteiger partial charge in [-0.1, -0.05) is 17.4 Å². The molecular weight excluding hydrogens is 365 g/mol. The number of benzene rings is 1. The Morgan fingerprint density at radius 2 is 1.77 bits per heavy atom. The van der Waals surface area contributed by atoms with Gasteiger partial charge in [-0.2, -0.15) is 18.3 Å². The molecule has 134 valence electrons. The first-order chi connectivity index (χ1) is 12.4. The Labute approximate surface area is 150 Å². The van der Waals surface area contributed by atoms with Gasteiger partial charge in [0, 0.05) is 11.9 Å². The summed E-state index contributed by atoms with van der Waals surface area (Å²) in [5.41, 5.74) is 3.96. The summed E-state index contributed by atoms with van der Waals surface area (Å²) in [6, 6.07) is 10.2. The van der Waals surface area contributed by atoms with Crippen molar-refractivity contribution in [3.05, 3.63) is 59.9 Å². The largest absolute Gasteiger partial charge is 0.416 e. The summed E-state index contributed by atoms with van der Waals surface area (Å²) in [4.78, 5) is 4.18. The fraction of sp³-hybridized carbons (Fsp3) is 0.125. The Kier molecular flexibility index (Phi) is 5.12. The second kappa shape index (κ2) is 7.48. The van der Waals surface area contributed by atoms with Crippen LogP contribution in [0.5, 0.6) is 0 Å². The zero-order valence-electron chi connectivity index (χ0n) is 13.4. The van der Waals surface area contributed by atoms with Crippen molar-refractivity contribution in [2.45, 2.75) is 13.1 Å². The van der Waals surface area contributed by atoms with Crippen LogP contribution in [0.3, 0.4) is 0 Å². The summed E-state index contributed by atoms with van der Waals surface area (Å²) in [5.74, 6) is 0. The van der Waals surface area contributed by atoms with E-state index in [9.17, 15) is 13.2 Å². The van der Waals surface area contributed by atoms with E-state index in [-0.39, 0.29) is 0 Å². The SMILES string of the molecule is CC(=NNc1nnc(Nc2ccc(C(F)(F)F)cc2)s1)c1ccccn1. The highest BCUT2D eigenvalue weighted by atomic mass is 32.1. The Morgan fingerprint density at radius 3 is 2.42 bits per heavy atom. The summed E-state index contributed by atoms with van der Waals surface area (Å²) in [5, 5.41) is 15.8. The molecule has 26 heavy (non-hydrogen) atoms. The highest BCUT2D eigenvalue weighted by molar-refractivity contribution is 7.19. The van der Waals surface area contributed by atoms with E-state index in [2.05, 4.69) is 31.0 Å². The first-order valence-electron chi connectivity index (χ1n) is 7.41. The molecule has 10 heteroatoms. The number of alkyl halides is 3. The van der Waals surface area contributed by atoms with Gasteiger partial charge in [0.05, 0.1) is 17.0 Å². The van der Waals surface area contributed by atoms with Gasteiger partial charge in [0.25, 0.3) is 0 Å². The van der Waals surface area contributed by atoms with Gasteiger partial charge in [-0.15, -0.1) is 10.2 Å². The number of rotatable bonds is 5. The number of nitrogens with zero attached hydrogens (tertiary/aromatic N) is 4. The molecule has 6 nitrogen and oxygen atoms in total. The van der Waals surface area contributed by atoms with Crippen LogP contribution in [-0.4, -0.2) is 20.9 Å². The van der Waals surface area contributed by atoms with Crippen LogP contribution in [0, 0.1) is 0 Å². The summed E-state index contributed by atoms with van der Waals surface area (Å²) in [6.07, 6.45) is -2.69. The van der Waals surface area contributed by atoms with E-state index in [0.29, 0.717) is 21.7 Å². The van der Waals surface area contributed by atoms with E-state index in [0.717, 1.165) is 17.8 Å². The molecule has 2 aromatic heterocycles. The van der Waals surface area contributed by atoms with Crippen molar-refractivity contribution in [3.8, 4) is 0 Å². The lowest BCUT2D eigenvalue weighted by atomic mass is 10.2. The van der Waals surface area contributed by atoms with Gasteiger partial charge in [0.1, 0.15) is 0 Å². The number of hydrogen-bond donors (Lipinski definition) is 2. The van der Waals surface area contributed by atoms with Crippen molar-refractivity contribution in [3.63, 3.8) is 0 Å². The summed E-state index contributed by atoms with van der Waals surface area (Å²) in [6.45, 7) is 1.80. The van der Waals surface area contributed by atoms with Crippen LogP contribution in [0.15, 0.2) is 53.8 Å². The van der Waals surface area contributed by atoms with Crippen LogP contribution in [0.4, 0.5) is 29.1 Å². The molecule has 0 fully saturated rings. The number of nitrogens with one attached hydrogen (secondary N) is 2. The standard InChI is InChI=1S/C16H13F3N6S/c1-10(13-4-2-3-9-20-13)22-24-15-25-23-14(26-15)21-12-7-5-11(6-8-12)16(17,18)19/h2-9H,1H3,(H,21,23)(H,24,25). The molecule has 0 unspecified atom stereocenters. The average Bonchev–Trinajstić information content (AvgIpc) is 3.07. The van der Waals surface area contributed by atoms with E-state index in [1.54, 1.807) is 13.1 Å². The zero-order valence-corrected chi connectivity index (χ0v) is 14.3. The molecule has 0 amide bonds. The maximum Gasteiger partial charge on any atom is 0.416 e. The normalized spacial score (nSPS) is 12.1. The third kappa shape index (κ3) is 4.54. The van der Waals surface area contributed by atoms with Crippen molar-refractivity contribution in [2.75, 3.05) is 10.7 Å². The Hall–Kier alpha value is -3.01. The molecule has 3 rings (SSSR count). The van der Waals surface area contributed by atoms with Crippen LogP contribution in [0.25, 0.3) is 0 Å². The highest BCUT2D eigenvalue weighted by Gasteiger charge is 2.29. The van der Waals surface area contributed by atoms with Crippen LogP contribution < -0.4 is 10.7 Å². The number of halogens is 3. The van der Waals surface area contributed by atoms with Crippen molar-refractivity contribution in [1.82, 2.24) is 15.2 Å². The lowest BCUT2D eigenvalue weighted by Crippen LogP contribution is -2.04. The fourth-order valence-electron chi connectivity index (χ4n) is 1.95. The second-order valence-corrected chi connectivity index (χ2v) is 6.11. The smallest absolute Gasteiger partial charge is 0.330 e. The molecule has 0 aliphatic carbocycles. The molecule has 2 N–H and O–H groups in total. The number of anilines is 3. The lowest BCUT2D eigenvalue weighted by molar-refractivity contribution is -0.137. The molecule has 0 aliphatic heterocycles. The third-order valence-electron chi connectivity index (χ3n) is 3.24. The average molecular weight is 378 g/mol. The van der Waals surface area contributed by atoms with Gasteiger partial charge in [0.15, 0.2) is 0 Å². The number of pyridine rings is 1. The molecule has 0 bridgehead atoms. The minimum Gasteiger partial charge on any atom is -0.330 e. The number of hydrogen-bond acceptors (Lipinski definition) is 7. The molecular formula is C16H13F3N6S. The first-order valence-corrected chi connectivity index (χ1v) is 8.23. The van der Waals surface area contributed by atoms with Crippen molar-refractivity contribution >= 4 is 33.0 Å². The zero-order chi connectivity index (χ0) is 18.6. The minimum atomic E-state index is -4.36. The van der Waals surface area contributed by atoms with E-state index in [1.165, 1.54) is 23.5 Å². The molecule has 0 saturated heterocycles. The van der Waals surface area contributed by atoms with Crippen LogP contribution in [0.2, 0.25) is 0 Å². The topological polar surface area (TPSA) is 75.1 Å². The third-order valence-corrected chi connectivity index (χ3v) is 3.99. The van der Waals surface area contributed by atoms with Gasteiger partial charge in [-0.05, 0) is 43.3 Å². The monoisotopic (exact) mass is 378 g/mol. The quantitative estimate of drug-likeness (QED) is 0.504. The van der Waals surface area contributed by atoms with Crippen molar-refractivity contribution < 1.29 is 13.2 Å². The van der Waals surface area contributed by atoms with Gasteiger partial charge in [0.2, 0.25) is 10.3 Å². The molecule has 0 spiro atoms. The minimum absolute atomic E-state index is 0.429. The highest BCUT2D eigenvalue weighted by Crippen LogP contribution is 2.31. The van der Waals surface area contributed by atoms with Crippen molar-refractivity contribution in [1.29, 1.82) is 0 Å². The van der Waals surface area contributed by atoms with Gasteiger partial charge in [-0.3, -0.25) is 10.4 Å². The Balaban J connectivity index is 1.63. The maximum atomic E-state index is 12.6. The van der Waals surface area contributed by atoms with Crippen LogP contribution >= 0.6 is 11.3 Å². The molecule has 0 aliphatic rings. The maximum absolute atomic E-state index is 12.6. The molecule has 3 aromatic rings. The van der Waals surface area contributed by atoms with Gasteiger partial charge >= 0.3 is 6.18 Å². The molecule has 0 atom stereocenters. The summed E-state index contributed by atoms with van der Waals surface area (Å²) >= 11 is 1.18. The molecule has 0 radical (unpaired) electrons. The van der Waals surface area contributed by atoms with E-state index < -0.39 is 11.7 Å². The Bertz CT molecular complexity index is 890. The van der Waals surface area contributed by atoms with Crippen molar-refractivity contribution in [2.24, 2.45) is 5.10 Å². The fourth-order valence-corrected chi connectivity index (χ4v) is 2.56. The van der Waals surface area contributed by atoms with Crippen LogP contribution in [0.1, 0.15) is 18.2 Å². The van der Waals surface area contributed by atoms with E-state index >= 15 is 0 Å². The van der Waals surface area contributed by atoms with Gasteiger partial charge in [-0.25, -0.2) is 0 Å². The number of hydrazone groups is 1. The summed E-state index contributed by atoms with van der Waals surface area (Å²) in [7, 11) is 0. The molecule has 0 saturated carbocycles. The molecule has 1 aromatic carbocycles. The lowest BCUT2D eigenvalue weighted by Gasteiger charge is -2.07. The predicted octanol–water partition coefficient (Wildman–Crippen LogP) is 4.53. The van der Waals surface area contributed by atoms with Crippen LogP contribution in [-0.2, 0) is 6.18 Å². The van der Waals surface area contributed by atoms with Gasteiger partial charge < -0.3 is 5.32 Å². The first kappa shape index (κ1) is 17.8. The molecule has 2 heterocycles. The summed E-state index contributed by atoms with van der Waals surface area (Å²) < 4.78 is 37.7. The van der Waals surface area contributed by atoms with E-state index in [1.807, 2.05) is 18.2 Å². The number of aromatic nitrogens is 3.